The van der Waals surface area contributed by atoms with Crippen molar-refractivity contribution in [3.05, 3.63) is 88.1 Å². The Morgan fingerprint density at radius 2 is 1.88 bits per heavy atom. The number of aliphatic hydroxyl groups is 1. The standard InChI is InChI=1S/C32H32FN7O3/c33-25-16-22(20-5-6-20)15-21-8-9-40(31(42)29(21)25)26-3-1-2-23(24(26)18-41)30-36-27(37-32(34)38-30)14-19-4-7-28(35-17-19)39-10-12-43-13-11-39/h1-4,7,15-17,20,41H,5-6,8-14,18H2,(H2,34,36,37,38). The van der Waals surface area contributed by atoms with Gasteiger partial charge in [-0.15, -0.1) is 0 Å². The van der Waals surface area contributed by atoms with Crippen LogP contribution in [-0.4, -0.2) is 63.8 Å². The number of nitrogens with zero attached hydrogens (tertiary/aromatic N) is 6. The normalized spacial score (nSPS) is 16.8. The number of rotatable bonds is 7. The largest absolute Gasteiger partial charge is 0.392 e. The van der Waals surface area contributed by atoms with Crippen LogP contribution in [0.3, 0.4) is 0 Å². The summed E-state index contributed by atoms with van der Waals surface area (Å²) in [4.78, 5) is 35.3. The summed E-state index contributed by atoms with van der Waals surface area (Å²) in [5, 5.41) is 10.5. The van der Waals surface area contributed by atoms with Crippen LogP contribution >= 0.6 is 0 Å². The molecule has 0 atom stereocenters. The fourth-order valence-electron chi connectivity index (χ4n) is 6.00. The van der Waals surface area contributed by atoms with Crippen LogP contribution in [-0.2, 0) is 24.2 Å². The fraction of sp³-hybridized carbons (Fsp3) is 0.344. The number of benzene rings is 2. The van der Waals surface area contributed by atoms with E-state index in [1.165, 1.54) is 11.0 Å². The highest BCUT2D eigenvalue weighted by molar-refractivity contribution is 6.09. The molecule has 10 nitrogen and oxygen atoms in total. The molecule has 2 fully saturated rings. The number of fused-ring (bicyclic) bond motifs is 1. The number of aliphatic hydroxyl groups excluding tert-OH is 1. The predicted octanol–water partition coefficient (Wildman–Crippen LogP) is 3.65. The second-order valence-corrected chi connectivity index (χ2v) is 11.2. The van der Waals surface area contributed by atoms with Crippen molar-refractivity contribution >= 4 is 23.4 Å². The molecule has 3 aliphatic rings. The maximum absolute atomic E-state index is 15.2. The average Bonchev–Trinajstić information content (AvgIpc) is 3.87. The van der Waals surface area contributed by atoms with E-state index in [4.69, 9.17) is 10.5 Å². The van der Waals surface area contributed by atoms with Crippen LogP contribution in [0.15, 0.2) is 48.7 Å². The van der Waals surface area contributed by atoms with Gasteiger partial charge in [0, 0.05) is 43.4 Å². The van der Waals surface area contributed by atoms with E-state index in [0.717, 1.165) is 48.4 Å². The van der Waals surface area contributed by atoms with Crippen LogP contribution < -0.4 is 15.5 Å². The summed E-state index contributed by atoms with van der Waals surface area (Å²) >= 11 is 0. The fourth-order valence-corrected chi connectivity index (χ4v) is 6.00. The molecule has 1 amide bonds. The van der Waals surface area contributed by atoms with E-state index in [-0.39, 0.29) is 23.9 Å². The van der Waals surface area contributed by atoms with Gasteiger partial charge in [-0.05, 0) is 60.1 Å². The van der Waals surface area contributed by atoms with Crippen molar-refractivity contribution in [2.45, 2.75) is 38.2 Å². The van der Waals surface area contributed by atoms with Crippen molar-refractivity contribution < 1.29 is 19.0 Å². The summed E-state index contributed by atoms with van der Waals surface area (Å²) in [6.45, 7) is 2.97. The number of pyridine rings is 1. The highest BCUT2D eigenvalue weighted by Gasteiger charge is 2.33. The maximum atomic E-state index is 15.2. The third-order valence-electron chi connectivity index (χ3n) is 8.35. The third-order valence-corrected chi connectivity index (χ3v) is 8.35. The van der Waals surface area contributed by atoms with E-state index in [2.05, 4.69) is 24.8 Å². The van der Waals surface area contributed by atoms with E-state index < -0.39 is 11.7 Å². The zero-order valence-electron chi connectivity index (χ0n) is 23.7. The molecule has 4 aromatic rings. The first-order valence-corrected chi connectivity index (χ1v) is 14.6. The topological polar surface area (TPSA) is 131 Å². The molecule has 1 saturated heterocycles. The molecule has 1 saturated carbocycles. The lowest BCUT2D eigenvalue weighted by Crippen LogP contribution is -2.39. The molecule has 11 heteroatoms. The number of hydrogen-bond donors (Lipinski definition) is 2. The number of halogens is 1. The van der Waals surface area contributed by atoms with Crippen LogP contribution in [0.4, 0.5) is 21.8 Å². The molecule has 7 rings (SSSR count). The number of carbonyl (C=O) groups excluding carboxylic acids is 1. The molecule has 0 radical (unpaired) electrons. The number of hydrogen-bond acceptors (Lipinski definition) is 9. The first kappa shape index (κ1) is 27.4. The smallest absolute Gasteiger partial charge is 0.261 e. The summed E-state index contributed by atoms with van der Waals surface area (Å²) in [7, 11) is 0. The number of nitrogen functional groups attached to an aromatic ring is 1. The number of ether oxygens (including phenoxy) is 1. The minimum Gasteiger partial charge on any atom is -0.392 e. The van der Waals surface area contributed by atoms with Crippen molar-refractivity contribution in [2.75, 3.05) is 48.4 Å². The van der Waals surface area contributed by atoms with Gasteiger partial charge in [0.1, 0.15) is 17.5 Å². The van der Waals surface area contributed by atoms with E-state index in [1.54, 1.807) is 24.4 Å². The predicted molar refractivity (Wildman–Crippen MR) is 159 cm³/mol. The monoisotopic (exact) mass is 581 g/mol. The van der Waals surface area contributed by atoms with E-state index in [9.17, 15) is 9.90 Å². The van der Waals surface area contributed by atoms with Crippen molar-refractivity contribution in [3.8, 4) is 11.4 Å². The lowest BCUT2D eigenvalue weighted by molar-refractivity contribution is 0.0976. The minimum absolute atomic E-state index is 0.0451. The van der Waals surface area contributed by atoms with Gasteiger partial charge in [0.2, 0.25) is 5.95 Å². The van der Waals surface area contributed by atoms with Crippen LogP contribution in [0, 0.1) is 5.82 Å². The Kier molecular flexibility index (Phi) is 7.20. The van der Waals surface area contributed by atoms with Crippen LogP contribution in [0.5, 0.6) is 0 Å². The second-order valence-electron chi connectivity index (χ2n) is 11.2. The Balaban J connectivity index is 1.17. The quantitative estimate of drug-likeness (QED) is 0.336. The minimum atomic E-state index is -0.488. The van der Waals surface area contributed by atoms with Gasteiger partial charge in [-0.3, -0.25) is 4.79 Å². The maximum Gasteiger partial charge on any atom is 0.261 e. The van der Waals surface area contributed by atoms with Crippen molar-refractivity contribution in [3.63, 3.8) is 0 Å². The van der Waals surface area contributed by atoms with Gasteiger partial charge in [-0.25, -0.2) is 14.4 Å². The van der Waals surface area contributed by atoms with E-state index in [0.29, 0.717) is 61.2 Å². The Labute approximate surface area is 248 Å². The van der Waals surface area contributed by atoms with Crippen LogP contribution in [0.2, 0.25) is 0 Å². The molecule has 2 aliphatic heterocycles. The number of carbonyl (C=O) groups is 1. The van der Waals surface area contributed by atoms with E-state index >= 15 is 4.39 Å². The molecule has 220 valence electrons. The molecular weight excluding hydrogens is 549 g/mol. The van der Waals surface area contributed by atoms with Gasteiger partial charge in [-0.2, -0.15) is 9.97 Å². The lowest BCUT2D eigenvalue weighted by atomic mass is 9.93. The third kappa shape index (κ3) is 5.41. The zero-order valence-corrected chi connectivity index (χ0v) is 23.7. The highest BCUT2D eigenvalue weighted by atomic mass is 19.1. The Bertz CT molecular complexity index is 1690. The molecule has 2 aromatic heterocycles. The Morgan fingerprint density at radius 1 is 1.05 bits per heavy atom. The van der Waals surface area contributed by atoms with Gasteiger partial charge in [-0.1, -0.05) is 24.3 Å². The highest BCUT2D eigenvalue weighted by Crippen LogP contribution is 2.42. The Hall–Kier alpha value is -4.48. The molecule has 4 heterocycles. The molecule has 3 N–H and O–H groups in total. The molecule has 43 heavy (non-hydrogen) atoms. The lowest BCUT2D eigenvalue weighted by Gasteiger charge is -2.31. The number of anilines is 3. The molecular formula is C32H32FN7O3. The molecule has 0 unspecified atom stereocenters. The summed E-state index contributed by atoms with van der Waals surface area (Å²) in [6.07, 6.45) is 4.83. The van der Waals surface area contributed by atoms with Crippen molar-refractivity contribution in [2.24, 2.45) is 0 Å². The van der Waals surface area contributed by atoms with E-state index in [1.807, 2.05) is 18.2 Å². The molecule has 0 spiro atoms. The summed E-state index contributed by atoms with van der Waals surface area (Å²) < 4.78 is 20.6. The zero-order chi connectivity index (χ0) is 29.5. The van der Waals surface area contributed by atoms with Crippen LogP contribution in [0.25, 0.3) is 11.4 Å². The molecule has 2 aromatic carbocycles. The Morgan fingerprint density at radius 3 is 2.63 bits per heavy atom. The summed E-state index contributed by atoms with van der Waals surface area (Å²) in [5.41, 5.74) is 10.3. The SMILES string of the molecule is Nc1nc(Cc2ccc(N3CCOCC3)nc2)nc(-c2cccc(N3CCc4cc(C5CC5)cc(F)c4C3=O)c2CO)n1. The van der Waals surface area contributed by atoms with Gasteiger partial charge in [0.15, 0.2) is 5.82 Å². The van der Waals surface area contributed by atoms with Gasteiger partial charge in [0.05, 0.1) is 31.1 Å². The molecule has 0 bridgehead atoms. The summed E-state index contributed by atoms with van der Waals surface area (Å²) in [6, 6.07) is 12.7. The summed E-state index contributed by atoms with van der Waals surface area (Å²) in [5.74, 6) is 1.17. The van der Waals surface area contributed by atoms with Crippen LogP contribution in [0.1, 0.15) is 57.2 Å². The second kappa shape index (κ2) is 11.3. The van der Waals surface area contributed by atoms with Gasteiger partial charge >= 0.3 is 0 Å². The van der Waals surface area contributed by atoms with Gasteiger partial charge < -0.3 is 25.4 Å². The number of morpholine rings is 1. The number of nitrogens with two attached hydrogens (primary N) is 1. The number of amides is 1. The number of aromatic nitrogens is 4. The molecule has 1 aliphatic carbocycles. The van der Waals surface area contributed by atoms with Crippen molar-refractivity contribution in [1.29, 1.82) is 0 Å². The van der Waals surface area contributed by atoms with Crippen molar-refractivity contribution in [1.82, 2.24) is 19.9 Å². The average molecular weight is 582 g/mol. The first-order valence-electron chi connectivity index (χ1n) is 14.6. The van der Waals surface area contributed by atoms with Gasteiger partial charge in [0.25, 0.3) is 5.91 Å². The first-order chi connectivity index (χ1) is 21.0.